The van der Waals surface area contributed by atoms with Crippen LogP contribution in [-0.4, -0.2) is 35.1 Å². The molecule has 0 aliphatic rings. The van der Waals surface area contributed by atoms with Gasteiger partial charge in [-0.3, -0.25) is 9.59 Å². The molecule has 0 saturated heterocycles. The lowest BCUT2D eigenvalue weighted by Crippen LogP contribution is -2.48. The van der Waals surface area contributed by atoms with Crippen LogP contribution < -0.4 is 5.32 Å². The van der Waals surface area contributed by atoms with Gasteiger partial charge in [-0.1, -0.05) is 54.4 Å². The SMILES string of the molecule is CCCNC(=O)[C@@H](C)N(Cc1ccc(C)cc1)C(=O)CSCc1c(F)cccc1Cl. The number of amides is 2. The van der Waals surface area contributed by atoms with Crippen molar-refractivity contribution in [3.05, 3.63) is 70.0 Å². The summed E-state index contributed by atoms with van der Waals surface area (Å²) in [6, 6.07) is 11.8. The molecule has 2 aromatic carbocycles. The van der Waals surface area contributed by atoms with Gasteiger partial charge in [0.15, 0.2) is 0 Å². The number of thioether (sulfide) groups is 1. The number of nitrogens with one attached hydrogen (secondary N) is 1. The van der Waals surface area contributed by atoms with Crippen molar-refractivity contribution in [2.75, 3.05) is 12.3 Å². The predicted octanol–water partition coefficient (Wildman–Crippen LogP) is 4.96. The van der Waals surface area contributed by atoms with E-state index in [1.54, 1.807) is 24.0 Å². The third kappa shape index (κ3) is 7.03. The van der Waals surface area contributed by atoms with Gasteiger partial charge in [-0.15, -0.1) is 11.8 Å². The highest BCUT2D eigenvalue weighted by Gasteiger charge is 2.26. The molecule has 162 valence electrons. The Morgan fingerprint density at radius 3 is 2.53 bits per heavy atom. The Morgan fingerprint density at radius 1 is 1.20 bits per heavy atom. The summed E-state index contributed by atoms with van der Waals surface area (Å²) in [4.78, 5) is 27.1. The highest BCUT2D eigenvalue weighted by Crippen LogP contribution is 2.24. The molecule has 0 radical (unpaired) electrons. The van der Waals surface area contributed by atoms with Gasteiger partial charge < -0.3 is 10.2 Å². The number of nitrogens with zero attached hydrogens (tertiary/aromatic N) is 1. The predicted molar refractivity (Wildman–Crippen MR) is 122 cm³/mol. The maximum Gasteiger partial charge on any atom is 0.242 e. The van der Waals surface area contributed by atoms with E-state index in [0.29, 0.717) is 23.7 Å². The van der Waals surface area contributed by atoms with E-state index in [2.05, 4.69) is 5.32 Å². The molecule has 0 bridgehead atoms. The number of aryl methyl sites for hydroxylation is 1. The molecule has 1 atom stereocenters. The third-order valence-electron chi connectivity index (χ3n) is 4.72. The fraction of sp³-hybridized carbons (Fsp3) is 0.391. The van der Waals surface area contributed by atoms with Crippen LogP contribution in [-0.2, 0) is 21.9 Å². The summed E-state index contributed by atoms with van der Waals surface area (Å²) in [5.41, 5.74) is 2.46. The van der Waals surface area contributed by atoms with E-state index in [1.807, 2.05) is 38.1 Å². The van der Waals surface area contributed by atoms with E-state index in [1.165, 1.54) is 17.8 Å². The molecule has 2 amide bonds. The average Bonchev–Trinajstić information content (AvgIpc) is 2.73. The summed E-state index contributed by atoms with van der Waals surface area (Å²) in [5, 5.41) is 3.20. The van der Waals surface area contributed by atoms with Crippen LogP contribution in [0.3, 0.4) is 0 Å². The van der Waals surface area contributed by atoms with Crippen molar-refractivity contribution in [1.29, 1.82) is 0 Å². The molecule has 4 nitrogen and oxygen atoms in total. The largest absolute Gasteiger partial charge is 0.354 e. The first-order valence-electron chi connectivity index (χ1n) is 9.96. The first-order chi connectivity index (χ1) is 14.3. The number of halogens is 2. The van der Waals surface area contributed by atoms with E-state index in [-0.39, 0.29) is 29.1 Å². The molecule has 30 heavy (non-hydrogen) atoms. The molecule has 0 spiro atoms. The van der Waals surface area contributed by atoms with Crippen LogP contribution in [0.15, 0.2) is 42.5 Å². The molecule has 0 aliphatic carbocycles. The van der Waals surface area contributed by atoms with E-state index in [9.17, 15) is 14.0 Å². The second-order valence-electron chi connectivity index (χ2n) is 7.17. The van der Waals surface area contributed by atoms with Gasteiger partial charge in [0.25, 0.3) is 0 Å². The standard InChI is InChI=1S/C23H28ClFN2O2S/c1-4-12-26-23(29)17(3)27(13-18-10-8-16(2)9-11-18)22(28)15-30-14-19-20(24)6-5-7-21(19)25/h5-11,17H,4,12-15H2,1-3H3,(H,26,29)/t17-/m1/s1. The third-order valence-corrected chi connectivity index (χ3v) is 6.02. The van der Waals surface area contributed by atoms with E-state index in [4.69, 9.17) is 11.6 Å². The molecule has 0 unspecified atom stereocenters. The lowest BCUT2D eigenvalue weighted by molar-refractivity contribution is -0.138. The van der Waals surface area contributed by atoms with Crippen molar-refractivity contribution in [1.82, 2.24) is 10.2 Å². The first kappa shape index (κ1) is 24.2. The molecule has 0 aliphatic heterocycles. The van der Waals surface area contributed by atoms with Gasteiger partial charge in [-0.2, -0.15) is 0 Å². The molecule has 7 heteroatoms. The average molecular weight is 451 g/mol. The van der Waals surface area contributed by atoms with Gasteiger partial charge in [0.05, 0.1) is 5.75 Å². The van der Waals surface area contributed by atoms with Crippen molar-refractivity contribution in [3.63, 3.8) is 0 Å². The van der Waals surface area contributed by atoms with E-state index >= 15 is 0 Å². The molecule has 0 saturated carbocycles. The zero-order valence-electron chi connectivity index (χ0n) is 17.6. The van der Waals surface area contributed by atoms with Crippen LogP contribution in [0.4, 0.5) is 4.39 Å². The van der Waals surface area contributed by atoms with Crippen molar-refractivity contribution in [3.8, 4) is 0 Å². The summed E-state index contributed by atoms with van der Waals surface area (Å²) in [5.74, 6) is -0.327. The van der Waals surface area contributed by atoms with Crippen molar-refractivity contribution in [2.24, 2.45) is 0 Å². The Morgan fingerprint density at radius 2 is 1.90 bits per heavy atom. The summed E-state index contributed by atoms with van der Waals surface area (Å²) in [6.07, 6.45) is 0.823. The molecule has 2 rings (SSSR count). The number of hydrogen-bond donors (Lipinski definition) is 1. The van der Waals surface area contributed by atoms with Crippen LogP contribution >= 0.6 is 23.4 Å². The Hall–Kier alpha value is -2.05. The highest BCUT2D eigenvalue weighted by atomic mass is 35.5. The van der Waals surface area contributed by atoms with Gasteiger partial charge in [0.1, 0.15) is 11.9 Å². The molecular weight excluding hydrogens is 423 g/mol. The van der Waals surface area contributed by atoms with Crippen LogP contribution in [0.5, 0.6) is 0 Å². The summed E-state index contributed by atoms with van der Waals surface area (Å²) in [6.45, 7) is 6.61. The van der Waals surface area contributed by atoms with Crippen LogP contribution in [0.1, 0.15) is 37.0 Å². The molecule has 0 heterocycles. The zero-order valence-corrected chi connectivity index (χ0v) is 19.2. The van der Waals surface area contributed by atoms with E-state index in [0.717, 1.165) is 17.5 Å². The lowest BCUT2D eigenvalue weighted by Gasteiger charge is -2.29. The molecule has 1 N–H and O–H groups in total. The quantitative estimate of drug-likeness (QED) is 0.556. The normalized spacial score (nSPS) is 11.8. The van der Waals surface area contributed by atoms with Crippen LogP contribution in [0, 0.1) is 12.7 Å². The Balaban J connectivity index is 2.08. The Bertz CT molecular complexity index is 841. The monoisotopic (exact) mass is 450 g/mol. The number of benzene rings is 2. The topological polar surface area (TPSA) is 49.4 Å². The van der Waals surface area contributed by atoms with Crippen molar-refractivity contribution >= 4 is 35.2 Å². The highest BCUT2D eigenvalue weighted by molar-refractivity contribution is 7.99. The lowest BCUT2D eigenvalue weighted by atomic mass is 10.1. The second kappa shape index (κ2) is 12.0. The maximum atomic E-state index is 14.0. The zero-order chi connectivity index (χ0) is 22.1. The fourth-order valence-corrected chi connectivity index (χ4v) is 4.11. The number of hydrogen-bond acceptors (Lipinski definition) is 3. The first-order valence-corrected chi connectivity index (χ1v) is 11.5. The Labute approximate surface area is 187 Å². The number of rotatable bonds is 10. The second-order valence-corrected chi connectivity index (χ2v) is 8.56. The van der Waals surface area contributed by atoms with Gasteiger partial charge in [0, 0.05) is 29.4 Å². The van der Waals surface area contributed by atoms with Gasteiger partial charge in [-0.05, 0) is 38.0 Å². The summed E-state index contributed by atoms with van der Waals surface area (Å²) < 4.78 is 14.0. The molecular formula is C23H28ClFN2O2S. The maximum absolute atomic E-state index is 14.0. The molecule has 2 aromatic rings. The van der Waals surface area contributed by atoms with Crippen molar-refractivity contribution in [2.45, 2.75) is 45.5 Å². The van der Waals surface area contributed by atoms with Gasteiger partial charge in [0.2, 0.25) is 11.8 Å². The van der Waals surface area contributed by atoms with E-state index < -0.39 is 6.04 Å². The minimum Gasteiger partial charge on any atom is -0.354 e. The van der Waals surface area contributed by atoms with Crippen molar-refractivity contribution < 1.29 is 14.0 Å². The summed E-state index contributed by atoms with van der Waals surface area (Å²) >= 11 is 7.35. The smallest absolute Gasteiger partial charge is 0.242 e. The van der Waals surface area contributed by atoms with Gasteiger partial charge >= 0.3 is 0 Å². The minimum absolute atomic E-state index is 0.127. The molecule has 0 aromatic heterocycles. The molecule has 0 fully saturated rings. The van der Waals surface area contributed by atoms with Crippen LogP contribution in [0.25, 0.3) is 0 Å². The number of carbonyl (C=O) groups is 2. The fourth-order valence-electron chi connectivity index (χ4n) is 2.86. The van der Waals surface area contributed by atoms with Gasteiger partial charge in [-0.25, -0.2) is 4.39 Å². The minimum atomic E-state index is -0.608. The summed E-state index contributed by atoms with van der Waals surface area (Å²) in [7, 11) is 0. The Kier molecular flexibility index (Phi) is 9.66. The van der Waals surface area contributed by atoms with Crippen LogP contribution in [0.2, 0.25) is 5.02 Å². The number of carbonyl (C=O) groups excluding carboxylic acids is 2.